The molecule has 0 amide bonds. The molecule has 0 radical (unpaired) electrons. The molecule has 5 heteroatoms. The number of nitrogens with two attached hydrogens (primary N) is 1. The van der Waals surface area contributed by atoms with Crippen LogP contribution < -0.4 is 10.6 Å². The molecule has 0 heterocycles. The van der Waals surface area contributed by atoms with E-state index in [-0.39, 0.29) is 11.7 Å². The molecule has 0 aliphatic heterocycles. The molecule has 0 spiro atoms. The maximum absolute atomic E-state index is 13.2. The first-order chi connectivity index (χ1) is 9.11. The van der Waals surface area contributed by atoms with Crippen LogP contribution in [0.2, 0.25) is 0 Å². The van der Waals surface area contributed by atoms with E-state index in [2.05, 4.69) is 0 Å². The summed E-state index contributed by atoms with van der Waals surface area (Å²) >= 11 is 0. The van der Waals surface area contributed by atoms with Crippen molar-refractivity contribution in [3.8, 4) is 0 Å². The first-order valence-corrected chi connectivity index (χ1v) is 6.78. The highest BCUT2D eigenvalue weighted by atomic mass is 19.4. The van der Waals surface area contributed by atoms with Crippen molar-refractivity contribution in [1.29, 1.82) is 0 Å². The van der Waals surface area contributed by atoms with Gasteiger partial charge in [0, 0.05) is 25.3 Å². The quantitative estimate of drug-likeness (QED) is 0.895. The number of rotatable bonds is 5. The second-order valence-electron chi connectivity index (χ2n) is 5.81. The van der Waals surface area contributed by atoms with Gasteiger partial charge in [0.1, 0.15) is 0 Å². The standard InChI is InChI=1S/C15H23F3N2/c1-10(2)9-20(4)14-6-5-12(7-11(3)19)8-13(14)15(16,17)18/h5-6,8,10-11H,7,9,19H2,1-4H3. The van der Waals surface area contributed by atoms with Crippen molar-refractivity contribution in [1.82, 2.24) is 0 Å². The number of alkyl halides is 3. The van der Waals surface area contributed by atoms with Crippen LogP contribution in [0.25, 0.3) is 0 Å². The maximum Gasteiger partial charge on any atom is 0.418 e. The zero-order valence-corrected chi connectivity index (χ0v) is 12.5. The summed E-state index contributed by atoms with van der Waals surface area (Å²) in [5.74, 6) is 0.296. The van der Waals surface area contributed by atoms with Gasteiger partial charge in [0.05, 0.1) is 5.56 Å². The largest absolute Gasteiger partial charge is 0.418 e. The van der Waals surface area contributed by atoms with Crippen molar-refractivity contribution in [3.63, 3.8) is 0 Å². The van der Waals surface area contributed by atoms with Crippen molar-refractivity contribution in [2.45, 2.75) is 39.4 Å². The fraction of sp³-hybridized carbons (Fsp3) is 0.600. The van der Waals surface area contributed by atoms with E-state index in [0.717, 1.165) is 0 Å². The minimum Gasteiger partial charge on any atom is -0.374 e. The first-order valence-electron chi connectivity index (χ1n) is 6.78. The fourth-order valence-electron chi connectivity index (χ4n) is 2.29. The van der Waals surface area contributed by atoms with Gasteiger partial charge in [-0.1, -0.05) is 19.9 Å². The second-order valence-corrected chi connectivity index (χ2v) is 5.81. The van der Waals surface area contributed by atoms with Gasteiger partial charge in [-0.3, -0.25) is 0 Å². The fourth-order valence-corrected chi connectivity index (χ4v) is 2.29. The molecule has 2 N–H and O–H groups in total. The third-order valence-corrected chi connectivity index (χ3v) is 2.97. The summed E-state index contributed by atoms with van der Waals surface area (Å²) in [6.45, 7) is 6.32. The number of benzene rings is 1. The van der Waals surface area contributed by atoms with Crippen molar-refractivity contribution >= 4 is 5.69 Å². The van der Waals surface area contributed by atoms with Gasteiger partial charge in [0.2, 0.25) is 0 Å². The van der Waals surface area contributed by atoms with Gasteiger partial charge in [0.25, 0.3) is 0 Å². The van der Waals surface area contributed by atoms with Crippen molar-refractivity contribution < 1.29 is 13.2 Å². The molecular weight excluding hydrogens is 265 g/mol. The second kappa shape index (κ2) is 6.48. The van der Waals surface area contributed by atoms with Gasteiger partial charge in [-0.15, -0.1) is 0 Å². The molecule has 0 aromatic heterocycles. The van der Waals surface area contributed by atoms with E-state index in [1.54, 1.807) is 31.0 Å². The molecule has 0 fully saturated rings. The Bertz CT molecular complexity index is 439. The van der Waals surface area contributed by atoms with Crippen LogP contribution in [0.5, 0.6) is 0 Å². The summed E-state index contributed by atoms with van der Waals surface area (Å²) in [6.07, 6.45) is -3.91. The van der Waals surface area contributed by atoms with Crippen LogP contribution in [0, 0.1) is 5.92 Å². The first kappa shape index (κ1) is 16.8. The number of halogens is 3. The predicted octanol–water partition coefficient (Wildman–Crippen LogP) is 3.69. The van der Waals surface area contributed by atoms with Gasteiger partial charge in [-0.2, -0.15) is 13.2 Å². The highest BCUT2D eigenvalue weighted by molar-refractivity contribution is 5.56. The van der Waals surface area contributed by atoms with E-state index in [4.69, 9.17) is 5.73 Å². The molecule has 0 aliphatic carbocycles. The lowest BCUT2D eigenvalue weighted by molar-refractivity contribution is -0.137. The van der Waals surface area contributed by atoms with Crippen LogP contribution >= 0.6 is 0 Å². The van der Waals surface area contributed by atoms with Crippen LogP contribution in [0.4, 0.5) is 18.9 Å². The van der Waals surface area contributed by atoms with Crippen LogP contribution in [0.1, 0.15) is 31.9 Å². The summed E-state index contributed by atoms with van der Waals surface area (Å²) in [5.41, 5.74) is 5.91. The molecule has 1 rings (SSSR count). The zero-order chi connectivity index (χ0) is 15.5. The van der Waals surface area contributed by atoms with Crippen LogP contribution in [-0.4, -0.2) is 19.6 Å². The lowest BCUT2D eigenvalue weighted by atomic mass is 10.0. The molecule has 0 saturated carbocycles. The molecule has 114 valence electrons. The predicted molar refractivity (Wildman–Crippen MR) is 76.9 cm³/mol. The van der Waals surface area contributed by atoms with E-state index in [0.29, 0.717) is 24.4 Å². The average molecular weight is 288 g/mol. The molecule has 1 aromatic rings. The minimum atomic E-state index is -4.35. The van der Waals surface area contributed by atoms with Gasteiger partial charge >= 0.3 is 6.18 Å². The van der Waals surface area contributed by atoms with E-state index < -0.39 is 11.7 Å². The molecule has 1 atom stereocenters. The summed E-state index contributed by atoms with van der Waals surface area (Å²) in [7, 11) is 1.69. The number of hydrogen-bond acceptors (Lipinski definition) is 2. The Morgan fingerprint density at radius 2 is 1.80 bits per heavy atom. The smallest absolute Gasteiger partial charge is 0.374 e. The summed E-state index contributed by atoms with van der Waals surface area (Å²) in [6, 6.07) is 4.33. The summed E-state index contributed by atoms with van der Waals surface area (Å²) in [5, 5.41) is 0. The van der Waals surface area contributed by atoms with Gasteiger partial charge in [-0.25, -0.2) is 0 Å². The zero-order valence-electron chi connectivity index (χ0n) is 12.5. The van der Waals surface area contributed by atoms with Crippen LogP contribution in [0.15, 0.2) is 18.2 Å². The van der Waals surface area contributed by atoms with Gasteiger partial charge in [-0.05, 0) is 37.0 Å². The van der Waals surface area contributed by atoms with Crippen LogP contribution in [-0.2, 0) is 12.6 Å². The Labute approximate surface area is 118 Å². The van der Waals surface area contributed by atoms with E-state index in [1.807, 2.05) is 13.8 Å². The molecule has 1 unspecified atom stereocenters. The molecule has 0 aliphatic rings. The number of hydrogen-bond donors (Lipinski definition) is 1. The Balaban J connectivity index is 3.17. The van der Waals surface area contributed by atoms with Crippen molar-refractivity contribution in [2.75, 3.05) is 18.5 Å². The minimum absolute atomic E-state index is 0.157. The third-order valence-electron chi connectivity index (χ3n) is 2.97. The molecule has 0 bridgehead atoms. The summed E-state index contributed by atoms with van der Waals surface area (Å²) < 4.78 is 39.6. The highest BCUT2D eigenvalue weighted by Gasteiger charge is 2.34. The lowest BCUT2D eigenvalue weighted by Gasteiger charge is -2.26. The van der Waals surface area contributed by atoms with E-state index in [1.165, 1.54) is 6.07 Å². The Morgan fingerprint density at radius 1 is 1.20 bits per heavy atom. The molecule has 2 nitrogen and oxygen atoms in total. The lowest BCUT2D eigenvalue weighted by Crippen LogP contribution is -2.26. The molecular formula is C15H23F3N2. The summed E-state index contributed by atoms with van der Waals surface area (Å²) in [4.78, 5) is 1.66. The maximum atomic E-state index is 13.2. The van der Waals surface area contributed by atoms with Crippen molar-refractivity contribution in [3.05, 3.63) is 29.3 Å². The third kappa shape index (κ3) is 4.71. The van der Waals surface area contributed by atoms with Crippen molar-refractivity contribution in [2.24, 2.45) is 11.7 Å². The Kier molecular flexibility index (Phi) is 5.45. The van der Waals surface area contributed by atoms with E-state index >= 15 is 0 Å². The molecule has 20 heavy (non-hydrogen) atoms. The molecule has 0 saturated heterocycles. The highest BCUT2D eigenvalue weighted by Crippen LogP contribution is 2.37. The van der Waals surface area contributed by atoms with Crippen LogP contribution in [0.3, 0.4) is 0 Å². The van der Waals surface area contributed by atoms with E-state index in [9.17, 15) is 13.2 Å². The number of anilines is 1. The topological polar surface area (TPSA) is 29.3 Å². The van der Waals surface area contributed by atoms with Gasteiger partial charge in [0.15, 0.2) is 0 Å². The average Bonchev–Trinajstić information content (AvgIpc) is 2.25. The number of nitrogens with zero attached hydrogens (tertiary/aromatic N) is 1. The monoisotopic (exact) mass is 288 g/mol. The molecule has 1 aromatic carbocycles. The Morgan fingerprint density at radius 3 is 2.25 bits per heavy atom. The Hall–Kier alpha value is -1.23. The normalized spacial score (nSPS) is 13.7. The SMILES string of the molecule is CC(C)CN(C)c1ccc(CC(C)N)cc1C(F)(F)F. The van der Waals surface area contributed by atoms with Gasteiger partial charge < -0.3 is 10.6 Å².